The molecule has 0 bridgehead atoms. The monoisotopic (exact) mass is 339 g/mol. The third kappa shape index (κ3) is 4.43. The second kappa shape index (κ2) is 9.05. The van der Waals surface area contributed by atoms with Gasteiger partial charge in [0, 0.05) is 11.4 Å². The Bertz CT molecular complexity index is 637. The van der Waals surface area contributed by atoms with Gasteiger partial charge in [-0.3, -0.25) is 0 Å². The van der Waals surface area contributed by atoms with Crippen molar-refractivity contribution in [3.05, 3.63) is 65.4 Å². The third-order valence-corrected chi connectivity index (χ3v) is 4.70. The lowest BCUT2D eigenvalue weighted by Crippen LogP contribution is -2.44. The number of anilines is 1. The van der Waals surface area contributed by atoms with Crippen molar-refractivity contribution < 1.29 is 5.11 Å². The van der Waals surface area contributed by atoms with E-state index in [1.165, 1.54) is 17.0 Å². The summed E-state index contributed by atoms with van der Waals surface area (Å²) in [5.74, 6) is 0.813. The largest absolute Gasteiger partial charge is 0.392 e. The Balaban J connectivity index is 2.62. The second-order valence-corrected chi connectivity index (χ2v) is 7.45. The van der Waals surface area contributed by atoms with E-state index in [1.54, 1.807) is 0 Å². The maximum atomic E-state index is 10.0. The SMILES string of the molecule is CCCC=CC1=CC(CO)=C(C(C)C)N(c2ccccc2)C1C(C)C. The molecule has 0 radical (unpaired) electrons. The molecule has 1 aliphatic heterocycles. The third-order valence-electron chi connectivity index (χ3n) is 4.70. The summed E-state index contributed by atoms with van der Waals surface area (Å²) in [5, 5.41) is 10.0. The zero-order chi connectivity index (χ0) is 18.4. The molecule has 0 aromatic heterocycles. The lowest BCUT2D eigenvalue weighted by molar-refractivity contribution is 0.329. The van der Waals surface area contributed by atoms with Gasteiger partial charge < -0.3 is 10.0 Å². The summed E-state index contributed by atoms with van der Waals surface area (Å²) in [6.07, 6.45) is 8.98. The Morgan fingerprint density at radius 3 is 2.32 bits per heavy atom. The van der Waals surface area contributed by atoms with Gasteiger partial charge in [-0.15, -0.1) is 0 Å². The van der Waals surface area contributed by atoms with Crippen molar-refractivity contribution in [2.75, 3.05) is 11.5 Å². The Morgan fingerprint density at radius 2 is 1.80 bits per heavy atom. The Labute approximate surface area is 153 Å². The molecule has 0 amide bonds. The van der Waals surface area contributed by atoms with Gasteiger partial charge in [-0.2, -0.15) is 0 Å². The van der Waals surface area contributed by atoms with Crippen molar-refractivity contribution in [3.8, 4) is 0 Å². The molecule has 136 valence electrons. The quantitative estimate of drug-likeness (QED) is 0.687. The summed E-state index contributed by atoms with van der Waals surface area (Å²) < 4.78 is 0. The molecular formula is C23H33NO. The Morgan fingerprint density at radius 1 is 1.12 bits per heavy atom. The highest BCUT2D eigenvalue weighted by molar-refractivity contribution is 5.62. The minimum Gasteiger partial charge on any atom is -0.392 e. The van der Waals surface area contributed by atoms with Crippen molar-refractivity contribution >= 4 is 5.69 Å². The molecule has 2 heteroatoms. The van der Waals surface area contributed by atoms with Gasteiger partial charge in [-0.05, 0) is 47.6 Å². The predicted molar refractivity (Wildman–Crippen MR) is 109 cm³/mol. The van der Waals surface area contributed by atoms with Crippen LogP contribution < -0.4 is 4.90 Å². The zero-order valence-electron chi connectivity index (χ0n) is 16.4. The molecule has 2 nitrogen and oxygen atoms in total. The van der Waals surface area contributed by atoms with Crippen molar-refractivity contribution in [3.63, 3.8) is 0 Å². The Hall–Kier alpha value is -1.80. The van der Waals surface area contributed by atoms with Gasteiger partial charge in [-0.25, -0.2) is 0 Å². The van der Waals surface area contributed by atoms with Crippen LogP contribution in [0.4, 0.5) is 5.69 Å². The number of aliphatic hydroxyl groups excluding tert-OH is 1. The summed E-state index contributed by atoms with van der Waals surface area (Å²) in [5.41, 5.74) is 4.76. The molecule has 1 aromatic carbocycles. The van der Waals surface area contributed by atoms with E-state index >= 15 is 0 Å². The van der Waals surface area contributed by atoms with Crippen molar-refractivity contribution in [1.82, 2.24) is 0 Å². The summed E-state index contributed by atoms with van der Waals surface area (Å²) >= 11 is 0. The number of rotatable bonds is 7. The highest BCUT2D eigenvalue weighted by Crippen LogP contribution is 2.38. The van der Waals surface area contributed by atoms with Gasteiger partial charge in [0.05, 0.1) is 12.6 Å². The van der Waals surface area contributed by atoms with Gasteiger partial charge in [-0.1, -0.05) is 71.4 Å². The first-order chi connectivity index (χ1) is 12.0. The maximum Gasteiger partial charge on any atom is 0.0699 e. The van der Waals surface area contributed by atoms with E-state index in [1.807, 2.05) is 0 Å². The highest BCUT2D eigenvalue weighted by atomic mass is 16.3. The first-order valence-corrected chi connectivity index (χ1v) is 9.57. The molecule has 25 heavy (non-hydrogen) atoms. The summed E-state index contributed by atoms with van der Waals surface area (Å²) in [6, 6.07) is 10.9. The van der Waals surface area contributed by atoms with Crippen LogP contribution in [0.5, 0.6) is 0 Å². The van der Waals surface area contributed by atoms with E-state index in [0.717, 1.165) is 18.4 Å². The molecule has 1 unspecified atom stereocenters. The van der Waals surface area contributed by atoms with Gasteiger partial charge in [0.25, 0.3) is 0 Å². The van der Waals surface area contributed by atoms with Gasteiger partial charge in [0.1, 0.15) is 0 Å². The molecule has 0 saturated heterocycles. The average Bonchev–Trinajstić information content (AvgIpc) is 2.60. The van der Waals surface area contributed by atoms with Crippen LogP contribution in [-0.2, 0) is 0 Å². The highest BCUT2D eigenvalue weighted by Gasteiger charge is 2.33. The minimum absolute atomic E-state index is 0.0762. The van der Waals surface area contributed by atoms with E-state index < -0.39 is 0 Å². The summed E-state index contributed by atoms with van der Waals surface area (Å²) in [7, 11) is 0. The van der Waals surface area contributed by atoms with E-state index in [9.17, 15) is 5.11 Å². The molecule has 0 saturated carbocycles. The van der Waals surface area contributed by atoms with E-state index in [0.29, 0.717) is 11.8 Å². The number of nitrogens with zero attached hydrogens (tertiary/aromatic N) is 1. The first-order valence-electron chi connectivity index (χ1n) is 9.57. The number of hydrogen-bond donors (Lipinski definition) is 1. The van der Waals surface area contributed by atoms with Crippen LogP contribution in [0, 0.1) is 11.8 Å². The van der Waals surface area contributed by atoms with Crippen LogP contribution in [-0.4, -0.2) is 17.8 Å². The number of unbranched alkanes of at least 4 members (excludes halogenated alkanes) is 1. The minimum atomic E-state index is 0.0762. The van der Waals surface area contributed by atoms with Crippen molar-refractivity contribution in [2.45, 2.75) is 53.5 Å². The number of allylic oxidation sites excluding steroid dienone is 2. The average molecular weight is 340 g/mol. The molecular weight excluding hydrogens is 306 g/mol. The molecule has 1 aliphatic rings. The predicted octanol–water partition coefficient (Wildman–Crippen LogP) is 5.72. The van der Waals surface area contributed by atoms with Crippen molar-refractivity contribution in [2.24, 2.45) is 11.8 Å². The van der Waals surface area contributed by atoms with Crippen LogP contribution >= 0.6 is 0 Å². The van der Waals surface area contributed by atoms with Gasteiger partial charge in [0.2, 0.25) is 0 Å². The number of hydrogen-bond acceptors (Lipinski definition) is 2. The molecule has 0 spiro atoms. The molecule has 1 heterocycles. The second-order valence-electron chi connectivity index (χ2n) is 7.45. The Kier molecular flexibility index (Phi) is 7.07. The molecule has 1 N–H and O–H groups in total. The van der Waals surface area contributed by atoms with Crippen LogP contribution in [0.2, 0.25) is 0 Å². The lowest BCUT2D eigenvalue weighted by Gasteiger charge is -2.44. The summed E-state index contributed by atoms with van der Waals surface area (Å²) in [4.78, 5) is 2.45. The normalized spacial score (nSPS) is 18.6. The molecule has 0 fully saturated rings. The van der Waals surface area contributed by atoms with E-state index in [4.69, 9.17) is 0 Å². The topological polar surface area (TPSA) is 23.5 Å². The summed E-state index contributed by atoms with van der Waals surface area (Å²) in [6.45, 7) is 11.3. The molecule has 2 rings (SSSR count). The van der Waals surface area contributed by atoms with Crippen LogP contribution in [0.15, 0.2) is 65.4 Å². The van der Waals surface area contributed by atoms with Crippen molar-refractivity contribution in [1.29, 1.82) is 0 Å². The molecule has 1 atom stereocenters. The smallest absolute Gasteiger partial charge is 0.0699 e. The van der Waals surface area contributed by atoms with Crippen LogP contribution in [0.25, 0.3) is 0 Å². The van der Waals surface area contributed by atoms with Gasteiger partial charge >= 0.3 is 0 Å². The zero-order valence-corrected chi connectivity index (χ0v) is 16.4. The van der Waals surface area contributed by atoms with E-state index in [2.05, 4.69) is 88.1 Å². The molecule has 1 aromatic rings. The number of aliphatic hydroxyl groups is 1. The maximum absolute atomic E-state index is 10.0. The van der Waals surface area contributed by atoms with E-state index in [-0.39, 0.29) is 12.6 Å². The number of benzene rings is 1. The fraction of sp³-hybridized carbons (Fsp3) is 0.478. The standard InChI is InChI=1S/C23H33NO/c1-6-7-9-12-19-15-20(16-25)23(18(4)5)24(22(19)17(2)3)21-13-10-8-11-14-21/h8-15,17-18,22,25H,6-7,16H2,1-5H3. The lowest BCUT2D eigenvalue weighted by atomic mass is 9.85. The molecule has 0 aliphatic carbocycles. The van der Waals surface area contributed by atoms with Gasteiger partial charge in [0.15, 0.2) is 0 Å². The fourth-order valence-corrected chi connectivity index (χ4v) is 3.69. The fourth-order valence-electron chi connectivity index (χ4n) is 3.69. The van der Waals surface area contributed by atoms with Crippen LogP contribution in [0.3, 0.4) is 0 Å². The number of para-hydroxylation sites is 1. The first kappa shape index (κ1) is 19.5. The van der Waals surface area contributed by atoms with Crippen LogP contribution in [0.1, 0.15) is 47.5 Å².